The number of hydrogen-bond donors (Lipinski definition) is 0. The molecule has 31 heavy (non-hydrogen) atoms. The van der Waals surface area contributed by atoms with Crippen LogP contribution in [0.2, 0.25) is 0 Å². The number of nitrogens with zero attached hydrogens (tertiary/aromatic N) is 2. The Morgan fingerprint density at radius 1 is 1.26 bits per heavy atom. The van der Waals surface area contributed by atoms with Crippen LogP contribution in [0.1, 0.15) is 36.1 Å². The summed E-state index contributed by atoms with van der Waals surface area (Å²) in [7, 11) is 3.19. The zero-order chi connectivity index (χ0) is 22.7. The summed E-state index contributed by atoms with van der Waals surface area (Å²) in [4.78, 5) is 37.3. The van der Waals surface area contributed by atoms with Gasteiger partial charge in [-0.15, -0.1) is 0 Å². The number of amides is 1. The summed E-state index contributed by atoms with van der Waals surface area (Å²) in [6.45, 7) is 3.64. The van der Waals surface area contributed by atoms with Gasteiger partial charge in [-0.05, 0) is 43.5 Å². The van der Waals surface area contributed by atoms with Crippen LogP contribution in [0.15, 0.2) is 51.7 Å². The van der Waals surface area contributed by atoms with Crippen molar-refractivity contribution in [1.29, 1.82) is 0 Å². The van der Waals surface area contributed by atoms with Gasteiger partial charge < -0.3 is 14.1 Å². The lowest BCUT2D eigenvalue weighted by Gasteiger charge is -2.25. The summed E-state index contributed by atoms with van der Waals surface area (Å²) in [5, 5.41) is 11.8. The number of carbonyl (C=O) groups excluding carboxylic acids is 1. The van der Waals surface area contributed by atoms with E-state index in [9.17, 15) is 19.7 Å². The molecule has 0 saturated heterocycles. The lowest BCUT2D eigenvalue weighted by Crippen LogP contribution is -2.30. The number of ether oxygens (including phenoxy) is 1. The van der Waals surface area contributed by atoms with E-state index in [1.807, 2.05) is 13.0 Å². The molecule has 3 aromatic rings. The summed E-state index contributed by atoms with van der Waals surface area (Å²) in [5.74, 6) is 0.419. The van der Waals surface area contributed by atoms with Gasteiger partial charge in [-0.2, -0.15) is 0 Å². The van der Waals surface area contributed by atoms with Gasteiger partial charge in [0.2, 0.25) is 5.91 Å². The summed E-state index contributed by atoms with van der Waals surface area (Å²) < 4.78 is 10.6. The van der Waals surface area contributed by atoms with Crippen molar-refractivity contribution in [3.63, 3.8) is 0 Å². The Morgan fingerprint density at radius 3 is 2.68 bits per heavy atom. The highest BCUT2D eigenvalue weighted by molar-refractivity contribution is 5.83. The van der Waals surface area contributed by atoms with E-state index in [2.05, 4.69) is 0 Å². The Balaban J connectivity index is 1.77. The van der Waals surface area contributed by atoms with Crippen molar-refractivity contribution in [2.24, 2.45) is 0 Å². The van der Waals surface area contributed by atoms with Gasteiger partial charge in [0.1, 0.15) is 11.3 Å². The van der Waals surface area contributed by atoms with E-state index in [0.29, 0.717) is 22.5 Å². The monoisotopic (exact) mass is 424 g/mol. The van der Waals surface area contributed by atoms with Crippen LogP contribution < -0.4 is 10.4 Å². The predicted molar refractivity (Wildman–Crippen MR) is 116 cm³/mol. The number of rotatable bonds is 7. The molecule has 3 rings (SSSR count). The minimum Gasteiger partial charge on any atom is -0.497 e. The maximum absolute atomic E-state index is 12.8. The van der Waals surface area contributed by atoms with Crippen LogP contribution in [-0.2, 0) is 11.2 Å². The lowest BCUT2D eigenvalue weighted by atomic mass is 10.0. The van der Waals surface area contributed by atoms with E-state index in [4.69, 9.17) is 9.15 Å². The quantitative estimate of drug-likeness (QED) is 0.320. The third-order valence-electron chi connectivity index (χ3n) is 5.62. The Morgan fingerprint density at radius 2 is 2.00 bits per heavy atom. The fourth-order valence-electron chi connectivity index (χ4n) is 3.54. The molecule has 0 radical (unpaired) electrons. The summed E-state index contributed by atoms with van der Waals surface area (Å²) in [5.41, 5.74) is 1.85. The van der Waals surface area contributed by atoms with Gasteiger partial charge in [0.25, 0.3) is 5.69 Å². The predicted octanol–water partition coefficient (Wildman–Crippen LogP) is 4.17. The lowest BCUT2D eigenvalue weighted by molar-refractivity contribution is -0.384. The molecule has 162 valence electrons. The number of carbonyl (C=O) groups is 1. The van der Waals surface area contributed by atoms with Crippen molar-refractivity contribution in [1.82, 2.24) is 4.90 Å². The van der Waals surface area contributed by atoms with Gasteiger partial charge in [0, 0.05) is 42.6 Å². The Labute approximate surface area is 179 Å². The summed E-state index contributed by atoms with van der Waals surface area (Å²) in [6.07, 6.45) is 0.351. The number of hydrogen-bond acceptors (Lipinski definition) is 6. The van der Waals surface area contributed by atoms with Gasteiger partial charge in [-0.3, -0.25) is 14.9 Å². The van der Waals surface area contributed by atoms with Crippen molar-refractivity contribution in [2.75, 3.05) is 14.2 Å². The highest BCUT2D eigenvalue weighted by atomic mass is 16.6. The molecule has 0 bridgehead atoms. The van der Waals surface area contributed by atoms with E-state index in [1.165, 1.54) is 24.1 Å². The molecule has 0 aliphatic carbocycles. The molecule has 1 amide bonds. The average Bonchev–Trinajstić information content (AvgIpc) is 2.77. The number of nitro benzene ring substituents is 1. The van der Waals surface area contributed by atoms with Crippen molar-refractivity contribution in [3.05, 3.63) is 79.7 Å². The zero-order valence-corrected chi connectivity index (χ0v) is 17.9. The first-order chi connectivity index (χ1) is 14.7. The highest BCUT2D eigenvalue weighted by Gasteiger charge is 2.21. The molecule has 0 aliphatic rings. The standard InChI is InChI=1S/C23H24N2O6/c1-14-19-9-8-18(30-4)13-21(19)31-23(27)20(14)10-11-22(26)24(3)15(2)16-6-5-7-17(12-16)25(28)29/h5-9,12-13,15H,10-11H2,1-4H3. The first-order valence-electron chi connectivity index (χ1n) is 9.83. The smallest absolute Gasteiger partial charge is 0.339 e. The maximum atomic E-state index is 12.8. The van der Waals surface area contributed by atoms with Gasteiger partial charge in [0.15, 0.2) is 0 Å². The van der Waals surface area contributed by atoms with Crippen LogP contribution in [0, 0.1) is 17.0 Å². The molecule has 0 spiro atoms. The number of fused-ring (bicyclic) bond motifs is 1. The van der Waals surface area contributed by atoms with E-state index in [-0.39, 0.29) is 30.5 Å². The second-order valence-corrected chi connectivity index (χ2v) is 7.39. The van der Waals surface area contributed by atoms with Crippen LogP contribution in [0.3, 0.4) is 0 Å². The molecule has 1 unspecified atom stereocenters. The molecular weight excluding hydrogens is 400 g/mol. The van der Waals surface area contributed by atoms with Gasteiger partial charge in [-0.25, -0.2) is 4.79 Å². The largest absolute Gasteiger partial charge is 0.497 e. The van der Waals surface area contributed by atoms with Crippen LogP contribution in [0.5, 0.6) is 5.75 Å². The number of non-ortho nitro benzene ring substituents is 1. The molecule has 1 atom stereocenters. The summed E-state index contributed by atoms with van der Waals surface area (Å²) in [6, 6.07) is 11.1. The molecular formula is C23H24N2O6. The number of methoxy groups -OCH3 is 1. The maximum Gasteiger partial charge on any atom is 0.339 e. The molecule has 2 aromatic carbocycles. The summed E-state index contributed by atoms with van der Waals surface area (Å²) >= 11 is 0. The van der Waals surface area contributed by atoms with Crippen LogP contribution in [0.25, 0.3) is 11.0 Å². The van der Waals surface area contributed by atoms with Crippen LogP contribution >= 0.6 is 0 Å². The molecule has 1 heterocycles. The van der Waals surface area contributed by atoms with Gasteiger partial charge in [0.05, 0.1) is 18.1 Å². The topological polar surface area (TPSA) is 103 Å². The van der Waals surface area contributed by atoms with Gasteiger partial charge in [-0.1, -0.05) is 12.1 Å². The Kier molecular flexibility index (Phi) is 6.39. The van der Waals surface area contributed by atoms with Crippen molar-refractivity contribution in [2.45, 2.75) is 32.7 Å². The molecule has 0 aliphatic heterocycles. The molecule has 0 saturated carbocycles. The van der Waals surface area contributed by atoms with E-state index in [0.717, 1.165) is 10.9 Å². The fraction of sp³-hybridized carbons (Fsp3) is 0.304. The van der Waals surface area contributed by atoms with Gasteiger partial charge >= 0.3 is 5.63 Å². The minimum absolute atomic E-state index is 0.0220. The molecule has 1 aromatic heterocycles. The number of benzene rings is 2. The molecule has 8 nitrogen and oxygen atoms in total. The van der Waals surface area contributed by atoms with Crippen molar-refractivity contribution < 1.29 is 18.9 Å². The second kappa shape index (κ2) is 8.99. The van der Waals surface area contributed by atoms with Crippen molar-refractivity contribution >= 4 is 22.6 Å². The SMILES string of the molecule is COc1ccc2c(C)c(CCC(=O)N(C)C(C)c3cccc([N+](=O)[O-])c3)c(=O)oc2c1. The average molecular weight is 424 g/mol. The van der Waals surface area contributed by atoms with Crippen LogP contribution in [-0.4, -0.2) is 29.9 Å². The molecule has 0 fully saturated rings. The molecule has 0 N–H and O–H groups in total. The second-order valence-electron chi connectivity index (χ2n) is 7.39. The first kappa shape index (κ1) is 22.0. The molecule has 8 heteroatoms. The van der Waals surface area contributed by atoms with E-state index < -0.39 is 10.5 Å². The fourth-order valence-corrected chi connectivity index (χ4v) is 3.54. The zero-order valence-electron chi connectivity index (χ0n) is 17.9. The normalized spacial score (nSPS) is 11.9. The van der Waals surface area contributed by atoms with Crippen molar-refractivity contribution in [3.8, 4) is 5.75 Å². The van der Waals surface area contributed by atoms with Crippen LogP contribution in [0.4, 0.5) is 5.69 Å². The highest BCUT2D eigenvalue weighted by Crippen LogP contribution is 2.26. The minimum atomic E-state index is -0.472. The third-order valence-corrected chi connectivity index (χ3v) is 5.62. The van der Waals surface area contributed by atoms with E-state index >= 15 is 0 Å². The third kappa shape index (κ3) is 4.58. The Hall–Kier alpha value is -3.68. The first-order valence-corrected chi connectivity index (χ1v) is 9.83. The number of aryl methyl sites for hydroxylation is 1. The van der Waals surface area contributed by atoms with E-state index in [1.54, 1.807) is 38.2 Å². The number of nitro groups is 1. The Bertz CT molecular complexity index is 1200.